The molecular formula is C19H21N3O3. The normalized spacial score (nSPS) is 13.8. The van der Waals surface area contributed by atoms with E-state index in [9.17, 15) is 9.59 Å². The fourth-order valence-corrected chi connectivity index (χ4v) is 3.00. The van der Waals surface area contributed by atoms with E-state index in [0.717, 1.165) is 19.5 Å². The quantitative estimate of drug-likeness (QED) is 0.576. The molecule has 2 amide bonds. The van der Waals surface area contributed by atoms with Crippen LogP contribution in [0.5, 0.6) is 0 Å². The number of hydrogen-bond donors (Lipinski definition) is 3. The molecule has 0 radical (unpaired) electrons. The lowest BCUT2D eigenvalue weighted by Crippen LogP contribution is -2.33. The molecule has 25 heavy (non-hydrogen) atoms. The van der Waals surface area contributed by atoms with Crippen LogP contribution < -0.4 is 10.8 Å². The van der Waals surface area contributed by atoms with Crippen LogP contribution in [0.15, 0.2) is 48.5 Å². The number of nitrogens with zero attached hydrogens (tertiary/aromatic N) is 1. The summed E-state index contributed by atoms with van der Waals surface area (Å²) < 4.78 is 0. The van der Waals surface area contributed by atoms with E-state index in [0.29, 0.717) is 24.2 Å². The predicted molar refractivity (Wildman–Crippen MR) is 94.4 cm³/mol. The number of nitrogens with one attached hydrogen (secondary N) is 2. The molecule has 2 aromatic rings. The van der Waals surface area contributed by atoms with Crippen molar-refractivity contribution in [3.8, 4) is 0 Å². The van der Waals surface area contributed by atoms with Crippen molar-refractivity contribution in [2.24, 2.45) is 0 Å². The Hall–Kier alpha value is -2.70. The lowest BCUT2D eigenvalue weighted by atomic mass is 10.00. The van der Waals surface area contributed by atoms with E-state index in [1.807, 2.05) is 0 Å². The van der Waals surface area contributed by atoms with Gasteiger partial charge in [0.1, 0.15) is 0 Å². The number of carbonyl (C=O) groups is 2. The van der Waals surface area contributed by atoms with Crippen LogP contribution in [-0.4, -0.2) is 35.0 Å². The van der Waals surface area contributed by atoms with Gasteiger partial charge in [-0.1, -0.05) is 24.3 Å². The molecule has 6 nitrogen and oxygen atoms in total. The van der Waals surface area contributed by atoms with Gasteiger partial charge in [-0.15, -0.1) is 0 Å². The van der Waals surface area contributed by atoms with E-state index < -0.39 is 5.91 Å². The zero-order valence-corrected chi connectivity index (χ0v) is 13.9. The summed E-state index contributed by atoms with van der Waals surface area (Å²) in [5.41, 5.74) is 5.27. The number of hydroxylamine groups is 1. The molecule has 2 aromatic carbocycles. The number of carbonyl (C=O) groups excluding carboxylic acids is 2. The van der Waals surface area contributed by atoms with E-state index in [-0.39, 0.29) is 5.91 Å². The molecule has 1 aliphatic rings. The highest BCUT2D eigenvalue weighted by Crippen LogP contribution is 2.18. The van der Waals surface area contributed by atoms with Gasteiger partial charge in [-0.05, 0) is 41.8 Å². The molecule has 6 heteroatoms. The summed E-state index contributed by atoms with van der Waals surface area (Å²) in [5.74, 6) is -0.638. The molecule has 0 saturated heterocycles. The highest BCUT2D eigenvalue weighted by atomic mass is 16.5. The number of benzene rings is 2. The summed E-state index contributed by atoms with van der Waals surface area (Å²) in [6.45, 7) is 2.56. The van der Waals surface area contributed by atoms with Crippen LogP contribution in [0.1, 0.15) is 27.9 Å². The van der Waals surface area contributed by atoms with Crippen LogP contribution in [0, 0.1) is 0 Å². The number of hydrogen-bond acceptors (Lipinski definition) is 4. The second kappa shape index (κ2) is 7.92. The highest BCUT2D eigenvalue weighted by molar-refractivity contribution is 5.95. The van der Waals surface area contributed by atoms with Gasteiger partial charge in [0, 0.05) is 37.3 Å². The summed E-state index contributed by atoms with van der Waals surface area (Å²) in [4.78, 5) is 25.7. The van der Waals surface area contributed by atoms with Gasteiger partial charge in [-0.2, -0.15) is 0 Å². The average molecular weight is 339 g/mol. The minimum absolute atomic E-state index is 0.0572. The molecule has 130 valence electrons. The largest absolute Gasteiger partial charge is 0.326 e. The third-order valence-electron chi connectivity index (χ3n) is 4.40. The van der Waals surface area contributed by atoms with Crippen molar-refractivity contribution in [3.63, 3.8) is 0 Å². The first-order chi connectivity index (χ1) is 12.2. The van der Waals surface area contributed by atoms with Gasteiger partial charge in [-0.25, -0.2) is 5.48 Å². The van der Waals surface area contributed by atoms with Crippen LogP contribution in [0.3, 0.4) is 0 Å². The number of amides is 2. The Morgan fingerprint density at radius 1 is 1.04 bits per heavy atom. The van der Waals surface area contributed by atoms with E-state index in [2.05, 4.69) is 34.5 Å². The molecule has 0 saturated carbocycles. The standard InChI is InChI=1S/C19H21N3O3/c23-18(20-17-7-5-15(6-8-17)19(24)21-25)10-12-22-11-9-14-3-1-2-4-16(14)13-22/h1-8,25H,9-13H2,(H,20,23)(H,21,24). The molecule has 0 fully saturated rings. The molecule has 0 spiro atoms. The fourth-order valence-electron chi connectivity index (χ4n) is 3.00. The van der Waals surface area contributed by atoms with E-state index in [1.54, 1.807) is 29.7 Å². The lowest BCUT2D eigenvalue weighted by Gasteiger charge is -2.28. The number of fused-ring (bicyclic) bond motifs is 1. The second-order valence-electron chi connectivity index (χ2n) is 6.11. The first kappa shape index (κ1) is 17.1. The van der Waals surface area contributed by atoms with Crippen molar-refractivity contribution < 1.29 is 14.8 Å². The van der Waals surface area contributed by atoms with Crippen molar-refractivity contribution in [3.05, 3.63) is 65.2 Å². The Bertz CT molecular complexity index is 759. The van der Waals surface area contributed by atoms with Crippen LogP contribution in [0.2, 0.25) is 0 Å². The van der Waals surface area contributed by atoms with Crippen LogP contribution in [-0.2, 0) is 17.8 Å². The smallest absolute Gasteiger partial charge is 0.274 e. The molecule has 3 rings (SSSR count). The summed E-state index contributed by atoms with van der Waals surface area (Å²) in [7, 11) is 0. The third kappa shape index (κ3) is 4.43. The van der Waals surface area contributed by atoms with Gasteiger partial charge in [0.25, 0.3) is 5.91 Å². The van der Waals surface area contributed by atoms with E-state index in [1.165, 1.54) is 11.1 Å². The van der Waals surface area contributed by atoms with Crippen molar-refractivity contribution in [2.45, 2.75) is 19.4 Å². The second-order valence-corrected chi connectivity index (χ2v) is 6.11. The maximum Gasteiger partial charge on any atom is 0.274 e. The van der Waals surface area contributed by atoms with Crippen molar-refractivity contribution >= 4 is 17.5 Å². The number of anilines is 1. The third-order valence-corrected chi connectivity index (χ3v) is 4.40. The van der Waals surface area contributed by atoms with Crippen molar-refractivity contribution in [2.75, 3.05) is 18.4 Å². The van der Waals surface area contributed by atoms with Gasteiger partial charge < -0.3 is 5.32 Å². The summed E-state index contributed by atoms with van der Waals surface area (Å²) in [6.07, 6.45) is 1.44. The predicted octanol–water partition coefficient (Wildman–Crippen LogP) is 2.19. The molecule has 0 bridgehead atoms. The van der Waals surface area contributed by atoms with Gasteiger partial charge >= 0.3 is 0 Å². The Labute approximate surface area is 146 Å². The molecule has 3 N–H and O–H groups in total. The Balaban J connectivity index is 1.48. The Morgan fingerprint density at radius 2 is 1.76 bits per heavy atom. The monoisotopic (exact) mass is 339 g/mol. The van der Waals surface area contributed by atoms with Crippen LogP contribution >= 0.6 is 0 Å². The number of rotatable bonds is 5. The topological polar surface area (TPSA) is 81.7 Å². The summed E-state index contributed by atoms with van der Waals surface area (Å²) in [6, 6.07) is 14.8. The van der Waals surface area contributed by atoms with Gasteiger partial charge in [0.2, 0.25) is 5.91 Å². The fraction of sp³-hybridized carbons (Fsp3) is 0.263. The highest BCUT2D eigenvalue weighted by Gasteiger charge is 2.16. The zero-order chi connectivity index (χ0) is 17.6. The zero-order valence-electron chi connectivity index (χ0n) is 13.9. The molecular weight excluding hydrogens is 318 g/mol. The van der Waals surface area contributed by atoms with Crippen molar-refractivity contribution in [1.82, 2.24) is 10.4 Å². The minimum Gasteiger partial charge on any atom is -0.326 e. The van der Waals surface area contributed by atoms with Gasteiger partial charge in [0.05, 0.1) is 0 Å². The van der Waals surface area contributed by atoms with Gasteiger partial charge in [0.15, 0.2) is 0 Å². The molecule has 0 aliphatic carbocycles. The first-order valence-electron chi connectivity index (χ1n) is 8.29. The Kier molecular flexibility index (Phi) is 5.42. The Morgan fingerprint density at radius 3 is 2.48 bits per heavy atom. The molecule has 0 atom stereocenters. The van der Waals surface area contributed by atoms with Crippen molar-refractivity contribution in [1.29, 1.82) is 0 Å². The summed E-state index contributed by atoms with van der Waals surface area (Å²) >= 11 is 0. The summed E-state index contributed by atoms with van der Waals surface area (Å²) in [5, 5.41) is 11.4. The molecule has 0 aromatic heterocycles. The molecule has 1 aliphatic heterocycles. The maximum atomic E-state index is 12.1. The minimum atomic E-state index is -0.580. The van der Waals surface area contributed by atoms with Crippen LogP contribution in [0.4, 0.5) is 5.69 Å². The first-order valence-corrected chi connectivity index (χ1v) is 8.29. The van der Waals surface area contributed by atoms with E-state index in [4.69, 9.17) is 5.21 Å². The maximum absolute atomic E-state index is 12.1. The SMILES string of the molecule is O=C(CCN1CCc2ccccc2C1)Nc1ccc(C(=O)NO)cc1. The van der Waals surface area contributed by atoms with Gasteiger partial charge in [-0.3, -0.25) is 19.7 Å². The molecule has 0 unspecified atom stereocenters. The van der Waals surface area contributed by atoms with E-state index >= 15 is 0 Å². The lowest BCUT2D eigenvalue weighted by molar-refractivity contribution is -0.116. The molecule has 1 heterocycles. The van der Waals surface area contributed by atoms with Crippen LogP contribution in [0.25, 0.3) is 0 Å². The average Bonchev–Trinajstić information content (AvgIpc) is 2.66.